The summed E-state index contributed by atoms with van der Waals surface area (Å²) in [5.74, 6) is -1.22. The maximum Gasteiger partial charge on any atom is 0.306 e. The molecule has 0 aromatic heterocycles. The molecular formula is C57H101NO10. The molecule has 0 spiro atoms. The van der Waals surface area contributed by atoms with Gasteiger partial charge in [0.15, 0.2) is 12.4 Å². The summed E-state index contributed by atoms with van der Waals surface area (Å²) in [5, 5.41) is 56.7. The first kappa shape index (κ1) is 63.4. The molecule has 1 fully saturated rings. The quantitative estimate of drug-likeness (QED) is 0.0149. The molecule has 1 aliphatic rings. The van der Waals surface area contributed by atoms with E-state index < -0.39 is 67.4 Å². The van der Waals surface area contributed by atoms with Crippen LogP contribution in [0.15, 0.2) is 60.8 Å². The Bertz CT molecular complexity index is 1330. The number of ether oxygens (including phenoxy) is 3. The lowest BCUT2D eigenvalue weighted by Crippen LogP contribution is -2.61. The predicted octanol–water partition coefficient (Wildman–Crippen LogP) is 11.9. The largest absolute Gasteiger partial charge is 0.454 e. The third-order valence-electron chi connectivity index (χ3n) is 12.7. The van der Waals surface area contributed by atoms with E-state index in [0.717, 1.165) is 103 Å². The Morgan fingerprint density at radius 1 is 0.603 bits per heavy atom. The number of hydrogen-bond donors (Lipinski definition) is 6. The standard InChI is InChI=1S/C57H101NO10/c1-4-7-10-13-16-19-22-24-26-29-32-35-38-41-44-50(61)56(65)58-48(49(60)43-40-37-34-31-28-21-18-15-12-9-6-3)47-66-57-55(54(64)53(63)51(46-59)67-57)68-52(62)45-42-39-36-33-30-27-25-23-20-17-14-11-8-5-2/h8,11,16-17,19-20,22,24,40,43,48-51,53-55,57,59-61,63-64H,4-7,9-10,12-15,18,21,23,25-39,41-42,44-47H2,1-3H3,(H,58,65)/b11-8+,19-16+,20-17+,24-22+,43-40+. The van der Waals surface area contributed by atoms with Gasteiger partial charge in [0.2, 0.25) is 5.91 Å². The molecule has 1 heterocycles. The highest BCUT2D eigenvalue weighted by Crippen LogP contribution is 2.26. The van der Waals surface area contributed by atoms with Gasteiger partial charge in [0, 0.05) is 6.42 Å². The molecule has 6 N–H and O–H groups in total. The van der Waals surface area contributed by atoms with E-state index >= 15 is 0 Å². The number of amides is 1. The van der Waals surface area contributed by atoms with Crippen LogP contribution in [-0.2, 0) is 23.8 Å². The van der Waals surface area contributed by atoms with Crippen LogP contribution in [0.1, 0.15) is 226 Å². The van der Waals surface area contributed by atoms with Crippen LogP contribution in [-0.4, -0.2) is 99.6 Å². The monoisotopic (exact) mass is 960 g/mol. The first-order chi connectivity index (χ1) is 33.2. The van der Waals surface area contributed by atoms with Gasteiger partial charge in [-0.25, -0.2) is 0 Å². The van der Waals surface area contributed by atoms with Crippen molar-refractivity contribution in [2.24, 2.45) is 0 Å². The van der Waals surface area contributed by atoms with Gasteiger partial charge in [-0.1, -0.05) is 204 Å². The second kappa shape index (κ2) is 45.5. The van der Waals surface area contributed by atoms with Gasteiger partial charge in [-0.15, -0.1) is 0 Å². The van der Waals surface area contributed by atoms with E-state index in [1.54, 1.807) is 6.08 Å². The first-order valence-electron chi connectivity index (χ1n) is 27.6. The van der Waals surface area contributed by atoms with Crippen LogP contribution in [0.4, 0.5) is 0 Å². The third-order valence-corrected chi connectivity index (χ3v) is 12.7. The minimum atomic E-state index is -1.62. The van der Waals surface area contributed by atoms with Crippen molar-refractivity contribution >= 4 is 11.9 Å². The number of carbonyl (C=O) groups is 2. The summed E-state index contributed by atoms with van der Waals surface area (Å²) >= 11 is 0. The molecule has 11 nitrogen and oxygen atoms in total. The Labute approximate surface area is 414 Å². The lowest BCUT2D eigenvalue weighted by Gasteiger charge is -2.41. The Morgan fingerprint density at radius 3 is 1.69 bits per heavy atom. The van der Waals surface area contributed by atoms with Crippen LogP contribution >= 0.6 is 0 Å². The molecule has 8 unspecified atom stereocenters. The van der Waals surface area contributed by atoms with Crippen molar-refractivity contribution in [3.05, 3.63) is 60.8 Å². The molecule has 68 heavy (non-hydrogen) atoms. The average molecular weight is 960 g/mol. The van der Waals surface area contributed by atoms with Crippen LogP contribution in [0.2, 0.25) is 0 Å². The fraction of sp³-hybridized carbons (Fsp3) is 0.789. The van der Waals surface area contributed by atoms with Crippen molar-refractivity contribution in [1.82, 2.24) is 5.32 Å². The Balaban J connectivity index is 2.76. The minimum Gasteiger partial charge on any atom is -0.454 e. The molecule has 0 aromatic rings. The lowest BCUT2D eigenvalue weighted by molar-refractivity contribution is -0.305. The molecule has 1 aliphatic heterocycles. The van der Waals surface area contributed by atoms with Crippen molar-refractivity contribution in [2.75, 3.05) is 13.2 Å². The summed E-state index contributed by atoms with van der Waals surface area (Å²) in [5.41, 5.74) is 0. The summed E-state index contributed by atoms with van der Waals surface area (Å²) in [7, 11) is 0. The third kappa shape index (κ3) is 33.8. The predicted molar refractivity (Wildman–Crippen MR) is 278 cm³/mol. The average Bonchev–Trinajstić information content (AvgIpc) is 3.33. The summed E-state index contributed by atoms with van der Waals surface area (Å²) in [6.07, 6.45) is 44.1. The summed E-state index contributed by atoms with van der Waals surface area (Å²) in [6, 6.07) is -1.03. The zero-order chi connectivity index (χ0) is 49.7. The van der Waals surface area contributed by atoms with E-state index in [1.807, 2.05) is 6.08 Å². The van der Waals surface area contributed by atoms with E-state index in [0.29, 0.717) is 12.8 Å². The number of aliphatic hydroxyl groups excluding tert-OH is 5. The molecule has 0 radical (unpaired) electrons. The first-order valence-corrected chi connectivity index (χ1v) is 27.6. The van der Waals surface area contributed by atoms with E-state index in [9.17, 15) is 35.1 Å². The molecule has 8 atom stereocenters. The number of nitrogens with one attached hydrogen (secondary N) is 1. The molecule has 1 saturated heterocycles. The van der Waals surface area contributed by atoms with Crippen molar-refractivity contribution in [3.8, 4) is 0 Å². The molecule has 394 valence electrons. The van der Waals surface area contributed by atoms with Gasteiger partial charge in [-0.3, -0.25) is 9.59 Å². The zero-order valence-electron chi connectivity index (χ0n) is 43.2. The fourth-order valence-corrected chi connectivity index (χ4v) is 8.27. The molecule has 0 aliphatic carbocycles. The van der Waals surface area contributed by atoms with Gasteiger partial charge in [0.1, 0.15) is 24.4 Å². The van der Waals surface area contributed by atoms with E-state index in [1.165, 1.54) is 77.0 Å². The molecule has 1 rings (SSSR count). The normalized spacial score (nSPS) is 20.4. The van der Waals surface area contributed by atoms with Gasteiger partial charge in [-0.2, -0.15) is 0 Å². The smallest absolute Gasteiger partial charge is 0.306 e. The summed E-state index contributed by atoms with van der Waals surface area (Å²) in [6.45, 7) is 5.61. The Kier molecular flexibility index (Phi) is 42.4. The van der Waals surface area contributed by atoms with Crippen LogP contribution in [0.3, 0.4) is 0 Å². The number of allylic oxidation sites excluding steroid dienone is 9. The van der Waals surface area contributed by atoms with Crippen molar-refractivity contribution in [1.29, 1.82) is 0 Å². The van der Waals surface area contributed by atoms with Crippen LogP contribution < -0.4 is 5.32 Å². The second-order valence-electron chi connectivity index (χ2n) is 19.0. The summed E-state index contributed by atoms with van der Waals surface area (Å²) < 4.78 is 17.5. The van der Waals surface area contributed by atoms with Gasteiger partial charge < -0.3 is 45.1 Å². The summed E-state index contributed by atoms with van der Waals surface area (Å²) in [4.78, 5) is 26.4. The van der Waals surface area contributed by atoms with Crippen LogP contribution in [0, 0.1) is 0 Å². The van der Waals surface area contributed by atoms with Crippen molar-refractivity contribution in [3.63, 3.8) is 0 Å². The zero-order valence-corrected chi connectivity index (χ0v) is 43.2. The molecule has 0 aromatic carbocycles. The Hall–Kier alpha value is -2.64. The number of carbonyl (C=O) groups excluding carboxylic acids is 2. The lowest BCUT2D eigenvalue weighted by atomic mass is 9.99. The molecule has 0 bridgehead atoms. The molecule has 1 amide bonds. The number of esters is 1. The number of hydrogen-bond acceptors (Lipinski definition) is 10. The van der Waals surface area contributed by atoms with E-state index in [-0.39, 0.29) is 19.4 Å². The molecular weight excluding hydrogens is 859 g/mol. The van der Waals surface area contributed by atoms with Crippen molar-refractivity contribution in [2.45, 2.75) is 275 Å². The molecule has 11 heteroatoms. The van der Waals surface area contributed by atoms with Gasteiger partial charge in [0.25, 0.3) is 0 Å². The Morgan fingerprint density at radius 2 is 1.10 bits per heavy atom. The van der Waals surface area contributed by atoms with Crippen molar-refractivity contribution < 1.29 is 49.3 Å². The highest BCUT2D eigenvalue weighted by atomic mass is 16.7. The van der Waals surface area contributed by atoms with Crippen LogP contribution in [0.5, 0.6) is 0 Å². The van der Waals surface area contributed by atoms with E-state index in [2.05, 4.69) is 74.7 Å². The fourth-order valence-electron chi connectivity index (χ4n) is 8.27. The maximum atomic E-state index is 13.3. The molecule has 0 saturated carbocycles. The van der Waals surface area contributed by atoms with Gasteiger partial charge >= 0.3 is 5.97 Å². The number of aliphatic hydroxyl groups is 5. The van der Waals surface area contributed by atoms with Crippen LogP contribution in [0.25, 0.3) is 0 Å². The number of unbranched alkanes of at least 4 members (excludes halogenated alkanes) is 24. The van der Waals surface area contributed by atoms with Gasteiger partial charge in [0.05, 0.1) is 25.4 Å². The second-order valence-corrected chi connectivity index (χ2v) is 19.0. The maximum absolute atomic E-state index is 13.3. The van der Waals surface area contributed by atoms with Gasteiger partial charge in [-0.05, 0) is 77.0 Å². The highest BCUT2D eigenvalue weighted by Gasteiger charge is 2.47. The number of rotatable bonds is 45. The highest BCUT2D eigenvalue weighted by molar-refractivity contribution is 5.80. The van der Waals surface area contributed by atoms with E-state index in [4.69, 9.17) is 14.2 Å². The minimum absolute atomic E-state index is 0.111. The topological polar surface area (TPSA) is 175 Å². The SMILES string of the molecule is CC/C=C/C/C=C/CCCCCCCCCC(=O)OC1C(OCC(NC(=O)C(O)CCCCCCC/C=C/C=C/CCCCC)C(O)/C=C/CCCCCCCCCCC)OC(CO)C(O)C1O.